The van der Waals surface area contributed by atoms with E-state index in [1.54, 1.807) is 0 Å². The summed E-state index contributed by atoms with van der Waals surface area (Å²) >= 11 is 0. The Bertz CT molecular complexity index is 428. The minimum absolute atomic E-state index is 0.0441. The van der Waals surface area contributed by atoms with E-state index in [0.717, 1.165) is 25.1 Å². The van der Waals surface area contributed by atoms with Crippen molar-refractivity contribution in [3.8, 4) is 0 Å². The molecular formula is C14H20N2O. The molecule has 1 aliphatic rings. The van der Waals surface area contributed by atoms with Crippen molar-refractivity contribution in [1.29, 1.82) is 0 Å². The molecule has 2 N–H and O–H groups in total. The molecule has 0 radical (unpaired) electrons. The Hall–Kier alpha value is -1.35. The minimum atomic E-state index is 0.0441. The van der Waals surface area contributed by atoms with Crippen LogP contribution in [-0.2, 0) is 11.2 Å². The zero-order chi connectivity index (χ0) is 12.4. The van der Waals surface area contributed by atoms with Crippen LogP contribution in [-0.4, -0.2) is 19.0 Å². The molecule has 3 nitrogen and oxygen atoms in total. The summed E-state index contributed by atoms with van der Waals surface area (Å²) in [7, 11) is 0. The summed E-state index contributed by atoms with van der Waals surface area (Å²) in [6.45, 7) is 5.49. The maximum Gasteiger partial charge on any atom is 0.234 e. The van der Waals surface area contributed by atoms with Gasteiger partial charge in [0.15, 0.2) is 0 Å². The molecule has 1 amide bonds. The molecule has 0 saturated heterocycles. The number of likely N-dealkylation sites (N-methyl/N-ethyl adjacent to an activating group) is 1. The van der Waals surface area contributed by atoms with Gasteiger partial charge in [0.25, 0.3) is 0 Å². The second kappa shape index (κ2) is 4.88. The first-order chi connectivity index (χ1) is 8.22. The molecule has 0 aromatic heterocycles. The number of carbonyl (C=O) groups is 1. The van der Waals surface area contributed by atoms with Gasteiger partial charge in [-0.2, -0.15) is 0 Å². The van der Waals surface area contributed by atoms with Gasteiger partial charge in [0.1, 0.15) is 0 Å². The number of benzene rings is 1. The van der Waals surface area contributed by atoms with Crippen LogP contribution in [0.4, 0.5) is 5.69 Å². The van der Waals surface area contributed by atoms with E-state index in [4.69, 9.17) is 5.73 Å². The van der Waals surface area contributed by atoms with Crippen molar-refractivity contribution in [1.82, 2.24) is 0 Å². The lowest BCUT2D eigenvalue weighted by Gasteiger charge is -2.15. The van der Waals surface area contributed by atoms with E-state index in [0.29, 0.717) is 6.54 Å². The number of amides is 1. The molecular weight excluding hydrogens is 212 g/mol. The van der Waals surface area contributed by atoms with Gasteiger partial charge in [-0.25, -0.2) is 0 Å². The number of anilines is 1. The Kier molecular flexibility index (Phi) is 3.48. The first-order valence-corrected chi connectivity index (χ1v) is 6.37. The average Bonchev–Trinajstić information content (AvgIpc) is 2.60. The van der Waals surface area contributed by atoms with E-state index in [9.17, 15) is 4.79 Å². The fraction of sp³-hybridized carbons (Fsp3) is 0.500. The molecule has 1 atom stereocenters. The maximum absolute atomic E-state index is 12.2. The lowest BCUT2D eigenvalue weighted by molar-refractivity contribution is -0.119. The van der Waals surface area contributed by atoms with Gasteiger partial charge in [0, 0.05) is 12.2 Å². The van der Waals surface area contributed by atoms with Gasteiger partial charge >= 0.3 is 0 Å². The predicted octanol–water partition coefficient (Wildman–Crippen LogP) is 2.05. The fourth-order valence-corrected chi connectivity index (χ4v) is 2.61. The predicted molar refractivity (Wildman–Crippen MR) is 70.3 cm³/mol. The van der Waals surface area contributed by atoms with E-state index in [2.05, 4.69) is 25.1 Å². The Morgan fingerprint density at radius 2 is 2.12 bits per heavy atom. The van der Waals surface area contributed by atoms with E-state index in [-0.39, 0.29) is 11.8 Å². The molecule has 92 valence electrons. The highest BCUT2D eigenvalue weighted by atomic mass is 16.2. The van der Waals surface area contributed by atoms with E-state index in [1.807, 2.05) is 11.8 Å². The number of hydrogen-bond donors (Lipinski definition) is 1. The molecule has 2 rings (SSSR count). The largest absolute Gasteiger partial charge is 0.330 e. The number of rotatable bonds is 4. The maximum atomic E-state index is 12.2. The molecule has 1 unspecified atom stereocenters. The van der Waals surface area contributed by atoms with Gasteiger partial charge in [0.2, 0.25) is 5.91 Å². The number of fused-ring (bicyclic) bond motifs is 1. The zero-order valence-corrected chi connectivity index (χ0v) is 10.6. The van der Waals surface area contributed by atoms with Crippen LogP contribution in [0.25, 0.3) is 0 Å². The van der Waals surface area contributed by atoms with Crippen LogP contribution < -0.4 is 10.6 Å². The molecule has 1 heterocycles. The summed E-state index contributed by atoms with van der Waals surface area (Å²) in [5.74, 6) is 0.289. The van der Waals surface area contributed by atoms with Gasteiger partial charge in [-0.05, 0) is 43.5 Å². The number of nitrogens with two attached hydrogens (primary N) is 1. The molecule has 1 aromatic carbocycles. The Morgan fingerprint density at radius 1 is 1.35 bits per heavy atom. The Morgan fingerprint density at radius 3 is 2.71 bits per heavy atom. The normalized spacial score (nSPS) is 18.6. The van der Waals surface area contributed by atoms with Gasteiger partial charge in [-0.3, -0.25) is 4.79 Å². The third-order valence-electron chi connectivity index (χ3n) is 3.48. The van der Waals surface area contributed by atoms with Crippen molar-refractivity contribution >= 4 is 11.6 Å². The summed E-state index contributed by atoms with van der Waals surface area (Å²) in [6.07, 6.45) is 1.75. The molecule has 3 heteroatoms. The summed E-state index contributed by atoms with van der Waals surface area (Å²) in [6, 6.07) is 6.31. The summed E-state index contributed by atoms with van der Waals surface area (Å²) in [4.78, 5) is 14.1. The van der Waals surface area contributed by atoms with Crippen molar-refractivity contribution in [3.63, 3.8) is 0 Å². The van der Waals surface area contributed by atoms with Gasteiger partial charge in [0.05, 0.1) is 5.92 Å². The summed E-state index contributed by atoms with van der Waals surface area (Å²) in [5.41, 5.74) is 9.08. The van der Waals surface area contributed by atoms with E-state index < -0.39 is 0 Å². The van der Waals surface area contributed by atoms with Crippen molar-refractivity contribution in [2.75, 3.05) is 18.0 Å². The van der Waals surface area contributed by atoms with Crippen LogP contribution in [0.2, 0.25) is 0 Å². The molecule has 0 aliphatic carbocycles. The third-order valence-corrected chi connectivity index (χ3v) is 3.48. The number of nitrogens with zero attached hydrogens (tertiary/aromatic N) is 1. The van der Waals surface area contributed by atoms with Crippen LogP contribution in [0.1, 0.15) is 37.3 Å². The SMILES string of the molecule is CCC1C(=O)N(CC)c2ccc(CCN)cc21. The highest BCUT2D eigenvalue weighted by Crippen LogP contribution is 2.39. The second-order valence-electron chi connectivity index (χ2n) is 4.48. The number of carbonyl (C=O) groups excluding carboxylic acids is 1. The van der Waals surface area contributed by atoms with Crippen LogP contribution in [0.3, 0.4) is 0 Å². The van der Waals surface area contributed by atoms with Crippen LogP contribution in [0, 0.1) is 0 Å². The Balaban J connectivity index is 2.43. The topological polar surface area (TPSA) is 46.3 Å². The van der Waals surface area contributed by atoms with Crippen molar-refractivity contribution in [3.05, 3.63) is 29.3 Å². The molecule has 0 bridgehead atoms. The van der Waals surface area contributed by atoms with Crippen molar-refractivity contribution < 1.29 is 4.79 Å². The molecule has 0 saturated carbocycles. The van der Waals surface area contributed by atoms with E-state index in [1.165, 1.54) is 11.1 Å². The summed E-state index contributed by atoms with van der Waals surface area (Å²) < 4.78 is 0. The molecule has 0 fully saturated rings. The fourth-order valence-electron chi connectivity index (χ4n) is 2.61. The van der Waals surface area contributed by atoms with Crippen LogP contribution >= 0.6 is 0 Å². The number of hydrogen-bond acceptors (Lipinski definition) is 2. The first-order valence-electron chi connectivity index (χ1n) is 6.37. The zero-order valence-electron chi connectivity index (χ0n) is 10.6. The molecule has 1 aromatic rings. The molecule has 1 aliphatic heterocycles. The Labute approximate surface area is 103 Å². The quantitative estimate of drug-likeness (QED) is 0.863. The monoisotopic (exact) mass is 232 g/mol. The average molecular weight is 232 g/mol. The van der Waals surface area contributed by atoms with Crippen LogP contribution in [0.15, 0.2) is 18.2 Å². The van der Waals surface area contributed by atoms with Gasteiger partial charge in [-0.15, -0.1) is 0 Å². The lowest BCUT2D eigenvalue weighted by atomic mass is 9.96. The van der Waals surface area contributed by atoms with Crippen LogP contribution in [0.5, 0.6) is 0 Å². The lowest BCUT2D eigenvalue weighted by Crippen LogP contribution is -2.28. The highest BCUT2D eigenvalue weighted by molar-refractivity contribution is 6.04. The smallest absolute Gasteiger partial charge is 0.234 e. The van der Waals surface area contributed by atoms with Crippen molar-refractivity contribution in [2.45, 2.75) is 32.6 Å². The summed E-state index contributed by atoms with van der Waals surface area (Å²) in [5, 5.41) is 0. The molecule has 17 heavy (non-hydrogen) atoms. The standard InChI is InChI=1S/C14H20N2O/c1-3-11-12-9-10(7-8-15)5-6-13(12)16(4-2)14(11)17/h5-6,9,11H,3-4,7-8,15H2,1-2H3. The minimum Gasteiger partial charge on any atom is -0.330 e. The third kappa shape index (κ3) is 1.95. The first kappa shape index (κ1) is 12.1. The van der Waals surface area contributed by atoms with Crippen molar-refractivity contribution in [2.24, 2.45) is 5.73 Å². The second-order valence-corrected chi connectivity index (χ2v) is 4.48. The van der Waals surface area contributed by atoms with Gasteiger partial charge < -0.3 is 10.6 Å². The van der Waals surface area contributed by atoms with E-state index >= 15 is 0 Å². The molecule has 0 spiro atoms. The van der Waals surface area contributed by atoms with Gasteiger partial charge in [-0.1, -0.05) is 19.1 Å². The highest BCUT2D eigenvalue weighted by Gasteiger charge is 2.34.